The molecular formula is C15H24. The molecular weight excluding hydrogens is 180 g/mol. The predicted molar refractivity (Wildman–Crippen MR) is 67.6 cm³/mol. The minimum Gasteiger partial charge on any atom is -0.0985 e. The van der Waals surface area contributed by atoms with Gasteiger partial charge in [-0.2, -0.15) is 0 Å². The molecule has 0 heteroatoms. The number of unbranched alkanes of at least 4 members (excludes halogenated alkanes) is 3. The normalized spacial score (nSPS) is 17.7. The van der Waals surface area contributed by atoms with Crippen LogP contribution in [0, 0.1) is 17.8 Å². The van der Waals surface area contributed by atoms with E-state index >= 15 is 0 Å². The Balaban J connectivity index is 2.08. The minimum atomic E-state index is 0.823. The van der Waals surface area contributed by atoms with Crippen molar-refractivity contribution in [2.75, 3.05) is 0 Å². The van der Waals surface area contributed by atoms with Gasteiger partial charge in [-0.25, -0.2) is 0 Å². The van der Waals surface area contributed by atoms with Gasteiger partial charge in [-0.05, 0) is 31.3 Å². The zero-order chi connectivity index (χ0) is 10.8. The first-order chi connectivity index (χ1) is 7.43. The van der Waals surface area contributed by atoms with E-state index in [1.807, 2.05) is 0 Å². The Morgan fingerprint density at radius 1 is 1.13 bits per heavy atom. The lowest BCUT2D eigenvalue weighted by molar-refractivity contribution is 0.419. The Kier molecular flexibility index (Phi) is 7.09. The average Bonchev–Trinajstić information content (AvgIpc) is 2.29. The molecule has 0 heterocycles. The summed E-state index contributed by atoms with van der Waals surface area (Å²) in [5.74, 6) is 7.21. The molecule has 0 amide bonds. The molecule has 1 rings (SSSR count). The van der Waals surface area contributed by atoms with Crippen LogP contribution in [0.3, 0.4) is 0 Å². The average molecular weight is 204 g/mol. The third-order valence-corrected chi connectivity index (χ3v) is 3.11. The Morgan fingerprint density at radius 2 is 1.93 bits per heavy atom. The third-order valence-electron chi connectivity index (χ3n) is 3.11. The second-order valence-corrected chi connectivity index (χ2v) is 4.54. The lowest BCUT2D eigenvalue weighted by Crippen LogP contribution is -2.02. The first kappa shape index (κ1) is 12.4. The van der Waals surface area contributed by atoms with Crippen molar-refractivity contribution < 1.29 is 0 Å². The first-order valence-electron chi connectivity index (χ1n) is 6.58. The molecule has 1 saturated carbocycles. The van der Waals surface area contributed by atoms with Crippen LogP contribution in [0.1, 0.15) is 64.7 Å². The number of hydrogen-bond acceptors (Lipinski definition) is 0. The van der Waals surface area contributed by atoms with Gasteiger partial charge in [-0.1, -0.05) is 56.9 Å². The van der Waals surface area contributed by atoms with Gasteiger partial charge < -0.3 is 0 Å². The van der Waals surface area contributed by atoms with Gasteiger partial charge in [0.2, 0.25) is 0 Å². The molecule has 0 N–H and O–H groups in total. The SMILES string of the molecule is CCCCCC#C/C=C/C1CCCCC1. The molecule has 0 bridgehead atoms. The van der Waals surface area contributed by atoms with Gasteiger partial charge in [0.05, 0.1) is 0 Å². The largest absolute Gasteiger partial charge is 0.0985 e. The van der Waals surface area contributed by atoms with Crippen molar-refractivity contribution in [1.82, 2.24) is 0 Å². The molecule has 0 aliphatic heterocycles. The highest BCUT2D eigenvalue weighted by Crippen LogP contribution is 2.24. The Bertz CT molecular complexity index is 220. The van der Waals surface area contributed by atoms with Crippen LogP contribution < -0.4 is 0 Å². The summed E-state index contributed by atoms with van der Waals surface area (Å²) in [6.07, 6.45) is 16.4. The molecule has 0 aromatic heterocycles. The highest BCUT2D eigenvalue weighted by Gasteiger charge is 2.08. The van der Waals surface area contributed by atoms with Crippen LogP contribution in [-0.2, 0) is 0 Å². The molecule has 1 aliphatic rings. The van der Waals surface area contributed by atoms with Gasteiger partial charge in [-0.15, -0.1) is 0 Å². The van der Waals surface area contributed by atoms with E-state index in [0.29, 0.717) is 0 Å². The highest BCUT2D eigenvalue weighted by molar-refractivity contribution is 5.16. The van der Waals surface area contributed by atoms with Crippen LogP contribution in [0.15, 0.2) is 12.2 Å². The lowest BCUT2D eigenvalue weighted by atomic mass is 9.89. The number of allylic oxidation sites excluding steroid dienone is 2. The summed E-state index contributed by atoms with van der Waals surface area (Å²) in [6, 6.07) is 0. The topological polar surface area (TPSA) is 0 Å². The summed E-state index contributed by atoms with van der Waals surface area (Å²) >= 11 is 0. The molecule has 0 nitrogen and oxygen atoms in total. The summed E-state index contributed by atoms with van der Waals surface area (Å²) in [5.41, 5.74) is 0. The van der Waals surface area contributed by atoms with Crippen LogP contribution in [0.5, 0.6) is 0 Å². The quantitative estimate of drug-likeness (QED) is 0.459. The monoisotopic (exact) mass is 204 g/mol. The molecule has 1 aliphatic carbocycles. The maximum Gasteiger partial charge on any atom is 0.00922 e. The number of hydrogen-bond donors (Lipinski definition) is 0. The smallest absolute Gasteiger partial charge is 0.00922 e. The van der Waals surface area contributed by atoms with Crippen molar-refractivity contribution in [3.63, 3.8) is 0 Å². The zero-order valence-corrected chi connectivity index (χ0v) is 10.1. The van der Waals surface area contributed by atoms with Crippen molar-refractivity contribution in [2.45, 2.75) is 64.7 Å². The molecule has 0 radical (unpaired) electrons. The van der Waals surface area contributed by atoms with E-state index in [-0.39, 0.29) is 0 Å². The highest BCUT2D eigenvalue weighted by atomic mass is 14.1. The van der Waals surface area contributed by atoms with E-state index in [0.717, 1.165) is 12.3 Å². The van der Waals surface area contributed by atoms with E-state index in [2.05, 4.69) is 30.9 Å². The Hall–Kier alpha value is -0.700. The molecule has 0 atom stereocenters. The molecule has 0 aromatic rings. The van der Waals surface area contributed by atoms with Crippen molar-refractivity contribution >= 4 is 0 Å². The molecule has 84 valence electrons. The molecule has 0 spiro atoms. The van der Waals surface area contributed by atoms with E-state index < -0.39 is 0 Å². The second kappa shape index (κ2) is 8.60. The molecule has 0 unspecified atom stereocenters. The van der Waals surface area contributed by atoms with Gasteiger partial charge in [-0.3, -0.25) is 0 Å². The van der Waals surface area contributed by atoms with Gasteiger partial charge in [0.1, 0.15) is 0 Å². The predicted octanol–water partition coefficient (Wildman–Crippen LogP) is 4.71. The summed E-state index contributed by atoms with van der Waals surface area (Å²) in [4.78, 5) is 0. The molecule has 15 heavy (non-hydrogen) atoms. The van der Waals surface area contributed by atoms with Crippen molar-refractivity contribution in [3.05, 3.63) is 12.2 Å². The van der Waals surface area contributed by atoms with Crippen molar-refractivity contribution in [1.29, 1.82) is 0 Å². The van der Waals surface area contributed by atoms with Crippen LogP contribution in [0.4, 0.5) is 0 Å². The first-order valence-corrected chi connectivity index (χ1v) is 6.58. The maximum absolute atomic E-state index is 3.22. The van der Waals surface area contributed by atoms with E-state index in [1.165, 1.54) is 51.4 Å². The zero-order valence-electron chi connectivity index (χ0n) is 10.1. The summed E-state index contributed by atoms with van der Waals surface area (Å²) in [6.45, 7) is 2.23. The van der Waals surface area contributed by atoms with Crippen LogP contribution >= 0.6 is 0 Å². The van der Waals surface area contributed by atoms with Gasteiger partial charge in [0.25, 0.3) is 0 Å². The van der Waals surface area contributed by atoms with E-state index in [9.17, 15) is 0 Å². The second-order valence-electron chi connectivity index (χ2n) is 4.54. The molecule has 1 fully saturated rings. The van der Waals surface area contributed by atoms with Crippen LogP contribution in [-0.4, -0.2) is 0 Å². The molecule has 0 saturated heterocycles. The lowest BCUT2D eigenvalue weighted by Gasteiger charge is -2.17. The minimum absolute atomic E-state index is 0.823. The fourth-order valence-electron chi connectivity index (χ4n) is 2.11. The third kappa shape index (κ3) is 6.39. The van der Waals surface area contributed by atoms with Gasteiger partial charge in [0, 0.05) is 6.42 Å². The summed E-state index contributed by atoms with van der Waals surface area (Å²) in [7, 11) is 0. The van der Waals surface area contributed by atoms with Gasteiger partial charge in [0.15, 0.2) is 0 Å². The van der Waals surface area contributed by atoms with Gasteiger partial charge >= 0.3 is 0 Å². The van der Waals surface area contributed by atoms with Crippen molar-refractivity contribution in [2.24, 2.45) is 5.92 Å². The Morgan fingerprint density at radius 3 is 2.67 bits per heavy atom. The van der Waals surface area contributed by atoms with Crippen LogP contribution in [0.25, 0.3) is 0 Å². The van der Waals surface area contributed by atoms with Crippen molar-refractivity contribution in [3.8, 4) is 11.8 Å². The Labute approximate surface area is 95.2 Å². The van der Waals surface area contributed by atoms with Crippen LogP contribution in [0.2, 0.25) is 0 Å². The fraction of sp³-hybridized carbons (Fsp3) is 0.733. The molecule has 0 aromatic carbocycles. The fourth-order valence-corrected chi connectivity index (χ4v) is 2.11. The standard InChI is InChI=1S/C15H24/c1-2-3-4-5-6-7-9-12-15-13-10-8-11-14-15/h9,12,15H,2-5,8,10-11,13-14H2,1H3/b12-9+. The summed E-state index contributed by atoms with van der Waals surface area (Å²) < 4.78 is 0. The van der Waals surface area contributed by atoms with E-state index in [4.69, 9.17) is 0 Å². The maximum atomic E-state index is 3.22. The summed E-state index contributed by atoms with van der Waals surface area (Å²) in [5, 5.41) is 0. The number of rotatable bonds is 4. The van der Waals surface area contributed by atoms with E-state index in [1.54, 1.807) is 0 Å².